The summed E-state index contributed by atoms with van der Waals surface area (Å²) in [6.07, 6.45) is 4.28. The lowest BCUT2D eigenvalue weighted by atomic mass is 10.1. The van der Waals surface area contributed by atoms with Gasteiger partial charge in [0.1, 0.15) is 0 Å². The van der Waals surface area contributed by atoms with Gasteiger partial charge < -0.3 is 9.47 Å². The number of carbonyl (C=O) groups excluding carboxylic acids is 1. The molecule has 1 heterocycles. The third kappa shape index (κ3) is 2.87. The lowest BCUT2D eigenvalue weighted by Gasteiger charge is -2.23. The molecule has 0 radical (unpaired) electrons. The zero-order valence-corrected chi connectivity index (χ0v) is 13.0. The predicted octanol–water partition coefficient (Wildman–Crippen LogP) is 3.45. The molecule has 1 amide bonds. The molecule has 2 aromatic rings. The SMILES string of the molecule is Cc1ccc(C(=O)N(Cc2cccn2C)C2CC2)cc1C. The molecular formula is C18H22N2O. The Morgan fingerprint density at radius 3 is 2.57 bits per heavy atom. The van der Waals surface area contributed by atoms with Crippen molar-refractivity contribution in [3.8, 4) is 0 Å². The molecule has 3 heteroatoms. The maximum atomic E-state index is 12.8. The Morgan fingerprint density at radius 2 is 2.00 bits per heavy atom. The molecule has 1 aromatic heterocycles. The van der Waals surface area contributed by atoms with E-state index in [0.717, 1.165) is 18.4 Å². The van der Waals surface area contributed by atoms with Crippen LogP contribution in [0.3, 0.4) is 0 Å². The van der Waals surface area contributed by atoms with Gasteiger partial charge in [0.15, 0.2) is 0 Å². The van der Waals surface area contributed by atoms with Gasteiger partial charge in [-0.3, -0.25) is 4.79 Å². The van der Waals surface area contributed by atoms with Crippen LogP contribution in [0.15, 0.2) is 36.5 Å². The summed E-state index contributed by atoms with van der Waals surface area (Å²) >= 11 is 0. The molecule has 1 fully saturated rings. The standard InChI is InChI=1S/C18H22N2O/c1-13-6-7-15(11-14(13)2)18(21)20(16-8-9-16)12-17-5-4-10-19(17)3/h4-7,10-11,16H,8-9,12H2,1-3H3. The van der Waals surface area contributed by atoms with Gasteiger partial charge in [-0.15, -0.1) is 0 Å². The first-order valence-corrected chi connectivity index (χ1v) is 7.54. The molecule has 0 aliphatic heterocycles. The van der Waals surface area contributed by atoms with E-state index in [4.69, 9.17) is 0 Å². The first-order valence-electron chi connectivity index (χ1n) is 7.54. The quantitative estimate of drug-likeness (QED) is 0.843. The maximum Gasteiger partial charge on any atom is 0.254 e. The topological polar surface area (TPSA) is 25.2 Å². The molecule has 1 aliphatic carbocycles. The average Bonchev–Trinajstić information content (AvgIpc) is 3.22. The van der Waals surface area contributed by atoms with Crippen molar-refractivity contribution in [2.45, 2.75) is 39.3 Å². The maximum absolute atomic E-state index is 12.8. The van der Waals surface area contributed by atoms with E-state index >= 15 is 0 Å². The summed E-state index contributed by atoms with van der Waals surface area (Å²) in [4.78, 5) is 14.9. The largest absolute Gasteiger partial charge is 0.353 e. The van der Waals surface area contributed by atoms with Crippen molar-refractivity contribution in [3.05, 3.63) is 58.9 Å². The molecule has 21 heavy (non-hydrogen) atoms. The Labute approximate surface area is 126 Å². The lowest BCUT2D eigenvalue weighted by Crippen LogP contribution is -2.33. The van der Waals surface area contributed by atoms with Crippen molar-refractivity contribution in [3.63, 3.8) is 0 Å². The third-order valence-corrected chi connectivity index (χ3v) is 4.39. The van der Waals surface area contributed by atoms with Crippen LogP contribution in [0.2, 0.25) is 0 Å². The summed E-state index contributed by atoms with van der Waals surface area (Å²) < 4.78 is 2.09. The summed E-state index contributed by atoms with van der Waals surface area (Å²) in [5.41, 5.74) is 4.39. The highest BCUT2D eigenvalue weighted by atomic mass is 16.2. The molecule has 1 saturated carbocycles. The van der Waals surface area contributed by atoms with Gasteiger partial charge in [-0.25, -0.2) is 0 Å². The minimum Gasteiger partial charge on any atom is -0.353 e. The normalized spacial score (nSPS) is 14.2. The van der Waals surface area contributed by atoms with Crippen LogP contribution in [0.4, 0.5) is 0 Å². The monoisotopic (exact) mass is 282 g/mol. The second-order valence-corrected chi connectivity index (χ2v) is 6.07. The highest BCUT2D eigenvalue weighted by Crippen LogP contribution is 2.30. The molecular weight excluding hydrogens is 260 g/mol. The van der Waals surface area contributed by atoms with Gasteiger partial charge in [0, 0.05) is 30.5 Å². The minimum atomic E-state index is 0.154. The first-order chi connectivity index (χ1) is 10.1. The van der Waals surface area contributed by atoms with Crippen molar-refractivity contribution < 1.29 is 4.79 Å². The molecule has 110 valence electrons. The van der Waals surface area contributed by atoms with Crippen LogP contribution in [-0.4, -0.2) is 21.4 Å². The number of rotatable bonds is 4. The van der Waals surface area contributed by atoms with Gasteiger partial charge in [-0.05, 0) is 62.1 Å². The summed E-state index contributed by atoms with van der Waals surface area (Å²) in [6.45, 7) is 4.83. The number of benzene rings is 1. The van der Waals surface area contributed by atoms with Crippen molar-refractivity contribution in [1.29, 1.82) is 0 Å². The highest BCUT2D eigenvalue weighted by Gasteiger charge is 2.33. The lowest BCUT2D eigenvalue weighted by molar-refractivity contribution is 0.0726. The highest BCUT2D eigenvalue weighted by molar-refractivity contribution is 5.94. The number of aromatic nitrogens is 1. The van der Waals surface area contributed by atoms with Gasteiger partial charge in [-0.2, -0.15) is 0 Å². The molecule has 3 rings (SSSR count). The molecule has 0 N–H and O–H groups in total. The number of hydrogen-bond donors (Lipinski definition) is 0. The van der Waals surface area contributed by atoms with Gasteiger partial charge in [0.05, 0.1) is 6.54 Å². The molecule has 0 saturated heterocycles. The molecule has 3 nitrogen and oxygen atoms in total. The zero-order valence-electron chi connectivity index (χ0n) is 13.0. The van der Waals surface area contributed by atoms with E-state index < -0.39 is 0 Å². The molecule has 0 bridgehead atoms. The first kappa shape index (κ1) is 13.9. The number of carbonyl (C=O) groups is 1. The Morgan fingerprint density at radius 1 is 1.24 bits per heavy atom. The Hall–Kier alpha value is -2.03. The van der Waals surface area contributed by atoms with Crippen molar-refractivity contribution in [2.24, 2.45) is 7.05 Å². The number of aryl methyl sites for hydroxylation is 3. The van der Waals surface area contributed by atoms with Gasteiger partial charge in [-0.1, -0.05) is 6.07 Å². The van der Waals surface area contributed by atoms with Crippen LogP contribution in [0, 0.1) is 13.8 Å². The predicted molar refractivity (Wildman–Crippen MR) is 84.2 cm³/mol. The van der Waals surface area contributed by atoms with E-state index in [9.17, 15) is 4.79 Å². The van der Waals surface area contributed by atoms with E-state index in [-0.39, 0.29) is 5.91 Å². The third-order valence-electron chi connectivity index (χ3n) is 4.39. The number of nitrogens with zero attached hydrogens (tertiary/aromatic N) is 2. The van der Waals surface area contributed by atoms with E-state index in [1.54, 1.807) is 0 Å². The smallest absolute Gasteiger partial charge is 0.254 e. The molecule has 0 unspecified atom stereocenters. The van der Waals surface area contributed by atoms with Crippen LogP contribution in [0.1, 0.15) is 40.0 Å². The fraction of sp³-hybridized carbons (Fsp3) is 0.389. The summed E-state index contributed by atoms with van der Waals surface area (Å²) in [5, 5.41) is 0. The van der Waals surface area contributed by atoms with E-state index in [2.05, 4.69) is 24.5 Å². The van der Waals surface area contributed by atoms with Crippen LogP contribution >= 0.6 is 0 Å². The number of hydrogen-bond acceptors (Lipinski definition) is 1. The fourth-order valence-electron chi connectivity index (χ4n) is 2.63. The minimum absolute atomic E-state index is 0.154. The van der Waals surface area contributed by atoms with Gasteiger partial charge in [0.2, 0.25) is 0 Å². The van der Waals surface area contributed by atoms with E-state index in [1.165, 1.54) is 16.8 Å². The van der Waals surface area contributed by atoms with Crippen LogP contribution < -0.4 is 0 Å². The Balaban J connectivity index is 1.85. The molecule has 1 aromatic carbocycles. The van der Waals surface area contributed by atoms with Crippen LogP contribution in [-0.2, 0) is 13.6 Å². The summed E-state index contributed by atoms with van der Waals surface area (Å²) in [7, 11) is 2.03. The molecule has 0 spiro atoms. The molecule has 0 atom stereocenters. The second kappa shape index (κ2) is 5.40. The molecule has 1 aliphatic rings. The van der Waals surface area contributed by atoms with E-state index in [1.807, 2.05) is 42.4 Å². The Bertz CT molecular complexity index is 668. The Kier molecular flexibility index (Phi) is 3.58. The van der Waals surface area contributed by atoms with Crippen molar-refractivity contribution >= 4 is 5.91 Å². The van der Waals surface area contributed by atoms with E-state index in [0.29, 0.717) is 12.6 Å². The van der Waals surface area contributed by atoms with Gasteiger partial charge in [0.25, 0.3) is 5.91 Å². The second-order valence-electron chi connectivity index (χ2n) is 6.07. The number of amides is 1. The fourth-order valence-corrected chi connectivity index (χ4v) is 2.63. The zero-order chi connectivity index (χ0) is 15.0. The summed E-state index contributed by atoms with van der Waals surface area (Å²) in [6, 6.07) is 10.5. The average molecular weight is 282 g/mol. The van der Waals surface area contributed by atoms with Crippen LogP contribution in [0.5, 0.6) is 0 Å². The van der Waals surface area contributed by atoms with Crippen molar-refractivity contribution in [2.75, 3.05) is 0 Å². The van der Waals surface area contributed by atoms with Crippen molar-refractivity contribution in [1.82, 2.24) is 9.47 Å². The van der Waals surface area contributed by atoms with Gasteiger partial charge >= 0.3 is 0 Å². The van der Waals surface area contributed by atoms with Crippen LogP contribution in [0.25, 0.3) is 0 Å². The summed E-state index contributed by atoms with van der Waals surface area (Å²) in [5.74, 6) is 0.154.